The Morgan fingerprint density at radius 3 is 2.29 bits per heavy atom. The van der Waals surface area contributed by atoms with Gasteiger partial charge in [0.2, 0.25) is 0 Å². The van der Waals surface area contributed by atoms with Gasteiger partial charge in [0.1, 0.15) is 0 Å². The highest BCUT2D eigenvalue weighted by Crippen LogP contribution is 2.48. The Balaban J connectivity index is 2.26. The molecular weight excluding hydrogens is 218 g/mol. The molecule has 2 aliphatic heterocycles. The molecule has 1 unspecified atom stereocenters. The predicted molar refractivity (Wildman–Crippen MR) is 62.3 cm³/mol. The largest absolute Gasteiger partial charge is 0.388 e. The molecule has 0 aromatic heterocycles. The first-order chi connectivity index (χ1) is 7.93. The molecule has 1 atom stereocenters. The third-order valence-electron chi connectivity index (χ3n) is 4.18. The van der Waals surface area contributed by atoms with E-state index >= 15 is 0 Å². The minimum Gasteiger partial charge on any atom is -0.388 e. The molecule has 0 aromatic carbocycles. The fourth-order valence-corrected chi connectivity index (χ4v) is 3.15. The number of nitrogens with zero attached hydrogens (tertiary/aromatic N) is 1. The van der Waals surface area contributed by atoms with Crippen LogP contribution in [0.2, 0.25) is 0 Å². The molecule has 0 spiro atoms. The SMILES string of the molecule is CC1(C)CC(O)(C2(C#N)CCOCC2)CCO1. The van der Waals surface area contributed by atoms with Crippen molar-refractivity contribution in [3.05, 3.63) is 0 Å². The van der Waals surface area contributed by atoms with Gasteiger partial charge in [-0.05, 0) is 26.7 Å². The molecule has 0 amide bonds. The number of hydrogen-bond donors (Lipinski definition) is 1. The number of aliphatic hydroxyl groups is 1. The van der Waals surface area contributed by atoms with Crippen molar-refractivity contribution in [1.29, 1.82) is 5.26 Å². The van der Waals surface area contributed by atoms with E-state index in [0.29, 0.717) is 45.5 Å². The molecule has 2 saturated heterocycles. The van der Waals surface area contributed by atoms with Gasteiger partial charge in [-0.2, -0.15) is 5.26 Å². The fraction of sp³-hybridized carbons (Fsp3) is 0.923. The first-order valence-corrected chi connectivity index (χ1v) is 6.29. The molecule has 0 radical (unpaired) electrons. The van der Waals surface area contributed by atoms with Crippen molar-refractivity contribution in [1.82, 2.24) is 0 Å². The van der Waals surface area contributed by atoms with E-state index in [1.165, 1.54) is 0 Å². The Bertz CT molecular complexity index is 328. The lowest BCUT2D eigenvalue weighted by Gasteiger charge is -2.50. The Morgan fingerprint density at radius 1 is 1.12 bits per heavy atom. The van der Waals surface area contributed by atoms with Gasteiger partial charge in [-0.1, -0.05) is 0 Å². The maximum Gasteiger partial charge on any atom is 0.0905 e. The first kappa shape index (κ1) is 12.8. The van der Waals surface area contributed by atoms with E-state index in [4.69, 9.17) is 9.47 Å². The van der Waals surface area contributed by atoms with E-state index in [-0.39, 0.29) is 5.60 Å². The van der Waals surface area contributed by atoms with E-state index < -0.39 is 11.0 Å². The zero-order valence-electron chi connectivity index (χ0n) is 10.7. The summed E-state index contributed by atoms with van der Waals surface area (Å²) < 4.78 is 11.0. The van der Waals surface area contributed by atoms with Crippen LogP contribution in [0.25, 0.3) is 0 Å². The standard InChI is InChI=1S/C13H21NO3/c1-11(2)9-13(15,5-8-17-11)12(10-14)3-6-16-7-4-12/h15H,3-9H2,1-2H3. The zero-order valence-corrected chi connectivity index (χ0v) is 10.7. The summed E-state index contributed by atoms with van der Waals surface area (Å²) in [7, 11) is 0. The normalized spacial score (nSPS) is 36.1. The van der Waals surface area contributed by atoms with Gasteiger partial charge in [-0.3, -0.25) is 0 Å². The van der Waals surface area contributed by atoms with E-state index in [1.54, 1.807) is 0 Å². The van der Waals surface area contributed by atoms with Gasteiger partial charge in [0.15, 0.2) is 0 Å². The third kappa shape index (κ3) is 2.20. The number of nitriles is 1. The van der Waals surface area contributed by atoms with Crippen LogP contribution in [0.5, 0.6) is 0 Å². The summed E-state index contributed by atoms with van der Waals surface area (Å²) in [6.45, 7) is 5.60. The average molecular weight is 239 g/mol. The number of hydrogen-bond acceptors (Lipinski definition) is 4. The van der Waals surface area contributed by atoms with Crippen molar-refractivity contribution >= 4 is 0 Å². The summed E-state index contributed by atoms with van der Waals surface area (Å²) in [4.78, 5) is 0. The summed E-state index contributed by atoms with van der Waals surface area (Å²) >= 11 is 0. The van der Waals surface area contributed by atoms with Gasteiger partial charge in [0.05, 0.1) is 29.3 Å². The van der Waals surface area contributed by atoms with Crippen molar-refractivity contribution in [3.63, 3.8) is 0 Å². The minimum atomic E-state index is -0.937. The summed E-state index contributed by atoms with van der Waals surface area (Å²) in [6, 6.07) is 2.38. The van der Waals surface area contributed by atoms with Gasteiger partial charge in [-0.15, -0.1) is 0 Å². The van der Waals surface area contributed by atoms with Gasteiger partial charge in [0.25, 0.3) is 0 Å². The lowest BCUT2D eigenvalue weighted by Crippen LogP contribution is -2.57. The van der Waals surface area contributed by atoms with E-state index in [2.05, 4.69) is 6.07 Å². The summed E-state index contributed by atoms with van der Waals surface area (Å²) in [5.74, 6) is 0. The van der Waals surface area contributed by atoms with Crippen LogP contribution in [0, 0.1) is 16.7 Å². The molecule has 0 saturated carbocycles. The van der Waals surface area contributed by atoms with Crippen LogP contribution in [0.1, 0.15) is 39.5 Å². The second-order valence-corrected chi connectivity index (χ2v) is 5.87. The van der Waals surface area contributed by atoms with Crippen LogP contribution in [-0.2, 0) is 9.47 Å². The lowest BCUT2D eigenvalue weighted by molar-refractivity contribution is -0.196. The summed E-state index contributed by atoms with van der Waals surface area (Å²) in [5.41, 5.74) is -1.95. The first-order valence-electron chi connectivity index (χ1n) is 6.29. The number of rotatable bonds is 1. The molecule has 1 N–H and O–H groups in total. The molecule has 4 heteroatoms. The average Bonchev–Trinajstić information content (AvgIpc) is 2.28. The maximum absolute atomic E-state index is 10.9. The Labute approximate surface area is 103 Å². The van der Waals surface area contributed by atoms with Gasteiger partial charge in [0, 0.05) is 26.1 Å². The minimum absolute atomic E-state index is 0.352. The molecule has 0 aromatic rings. The number of ether oxygens (including phenoxy) is 2. The molecule has 17 heavy (non-hydrogen) atoms. The van der Waals surface area contributed by atoms with Crippen molar-refractivity contribution in [2.24, 2.45) is 5.41 Å². The van der Waals surface area contributed by atoms with Crippen LogP contribution in [0.15, 0.2) is 0 Å². The van der Waals surface area contributed by atoms with Crippen LogP contribution in [0.4, 0.5) is 0 Å². The predicted octanol–water partition coefficient (Wildman–Crippen LogP) is 1.63. The Hall–Kier alpha value is -0.630. The molecule has 2 rings (SSSR count). The maximum atomic E-state index is 10.9. The topological polar surface area (TPSA) is 62.5 Å². The zero-order chi connectivity index (χ0) is 12.6. The second kappa shape index (κ2) is 4.24. The molecule has 0 aliphatic carbocycles. The molecule has 96 valence electrons. The smallest absolute Gasteiger partial charge is 0.0905 e. The van der Waals surface area contributed by atoms with Crippen LogP contribution in [-0.4, -0.2) is 36.1 Å². The van der Waals surface area contributed by atoms with Crippen LogP contribution in [0.3, 0.4) is 0 Å². The molecule has 2 fully saturated rings. The third-order valence-corrected chi connectivity index (χ3v) is 4.18. The van der Waals surface area contributed by atoms with Gasteiger partial charge >= 0.3 is 0 Å². The van der Waals surface area contributed by atoms with Crippen LogP contribution < -0.4 is 0 Å². The van der Waals surface area contributed by atoms with Gasteiger partial charge in [-0.25, -0.2) is 0 Å². The highest BCUT2D eigenvalue weighted by Gasteiger charge is 2.55. The molecule has 2 heterocycles. The lowest BCUT2D eigenvalue weighted by atomic mass is 9.62. The molecule has 0 bridgehead atoms. The molecular formula is C13H21NO3. The van der Waals surface area contributed by atoms with E-state index in [1.807, 2.05) is 13.8 Å². The van der Waals surface area contributed by atoms with Crippen molar-refractivity contribution < 1.29 is 14.6 Å². The Morgan fingerprint density at radius 2 is 1.76 bits per heavy atom. The second-order valence-electron chi connectivity index (χ2n) is 5.87. The van der Waals surface area contributed by atoms with Crippen molar-refractivity contribution in [2.75, 3.05) is 19.8 Å². The van der Waals surface area contributed by atoms with E-state index in [9.17, 15) is 10.4 Å². The molecule has 2 aliphatic rings. The monoisotopic (exact) mass is 239 g/mol. The van der Waals surface area contributed by atoms with Crippen molar-refractivity contribution in [3.8, 4) is 6.07 Å². The fourth-order valence-electron chi connectivity index (χ4n) is 3.15. The van der Waals surface area contributed by atoms with Gasteiger partial charge < -0.3 is 14.6 Å². The van der Waals surface area contributed by atoms with E-state index in [0.717, 1.165) is 0 Å². The summed E-state index contributed by atoms with van der Waals surface area (Å²) in [6.07, 6.45) is 2.31. The van der Waals surface area contributed by atoms with Crippen LogP contribution >= 0.6 is 0 Å². The Kier molecular flexibility index (Phi) is 3.19. The highest BCUT2D eigenvalue weighted by molar-refractivity contribution is 5.14. The summed E-state index contributed by atoms with van der Waals surface area (Å²) in [5, 5.41) is 20.4. The molecule has 4 nitrogen and oxygen atoms in total. The highest BCUT2D eigenvalue weighted by atomic mass is 16.5. The quantitative estimate of drug-likeness (QED) is 0.755. The van der Waals surface area contributed by atoms with Crippen molar-refractivity contribution in [2.45, 2.75) is 50.7 Å².